The van der Waals surface area contributed by atoms with E-state index in [9.17, 15) is 14.4 Å². The fourth-order valence-electron chi connectivity index (χ4n) is 2.72. The summed E-state index contributed by atoms with van der Waals surface area (Å²) in [7, 11) is 0. The minimum absolute atomic E-state index is 0.0468. The van der Waals surface area contributed by atoms with Crippen LogP contribution in [0.25, 0.3) is 11.1 Å². The Kier molecular flexibility index (Phi) is 6.92. The summed E-state index contributed by atoms with van der Waals surface area (Å²) in [4.78, 5) is 37.4. The van der Waals surface area contributed by atoms with E-state index in [-0.39, 0.29) is 25.2 Å². The summed E-state index contributed by atoms with van der Waals surface area (Å²) < 4.78 is 4.96. The van der Waals surface area contributed by atoms with Gasteiger partial charge in [-0.15, -0.1) is 11.3 Å². The van der Waals surface area contributed by atoms with Gasteiger partial charge in [-0.05, 0) is 42.3 Å². The minimum atomic E-state index is -0.568. The zero-order valence-corrected chi connectivity index (χ0v) is 16.8. The van der Waals surface area contributed by atoms with E-state index in [1.165, 1.54) is 11.3 Å². The molecule has 6 heteroatoms. The van der Waals surface area contributed by atoms with Crippen molar-refractivity contribution < 1.29 is 19.1 Å². The van der Waals surface area contributed by atoms with Crippen LogP contribution in [0.15, 0.2) is 66.7 Å². The van der Waals surface area contributed by atoms with Crippen molar-refractivity contribution in [3.05, 3.63) is 76.5 Å². The largest absolute Gasteiger partial charge is 0.456 e. The van der Waals surface area contributed by atoms with Gasteiger partial charge in [-0.3, -0.25) is 14.4 Å². The van der Waals surface area contributed by atoms with Crippen LogP contribution in [-0.4, -0.2) is 24.3 Å². The van der Waals surface area contributed by atoms with Gasteiger partial charge in [-0.25, -0.2) is 0 Å². The SMILES string of the molecule is Cc1ccc(C(=O)CCC(=O)OCC(=O)Nc2ccc(-c3ccccc3)cc2)s1. The van der Waals surface area contributed by atoms with Gasteiger partial charge in [-0.2, -0.15) is 0 Å². The molecular weight excluding hydrogens is 386 g/mol. The number of ketones is 1. The highest BCUT2D eigenvalue weighted by Gasteiger charge is 2.13. The number of carbonyl (C=O) groups is 3. The Bertz CT molecular complexity index is 993. The molecule has 3 rings (SSSR count). The summed E-state index contributed by atoms with van der Waals surface area (Å²) in [6.45, 7) is 1.54. The molecule has 1 amide bonds. The van der Waals surface area contributed by atoms with Gasteiger partial charge in [0.2, 0.25) is 0 Å². The highest BCUT2D eigenvalue weighted by Crippen LogP contribution is 2.21. The van der Waals surface area contributed by atoms with Crippen LogP contribution in [0, 0.1) is 6.92 Å². The van der Waals surface area contributed by atoms with E-state index in [0.717, 1.165) is 16.0 Å². The molecule has 29 heavy (non-hydrogen) atoms. The first-order chi connectivity index (χ1) is 14.0. The predicted molar refractivity (Wildman–Crippen MR) is 114 cm³/mol. The molecule has 0 spiro atoms. The molecule has 0 unspecified atom stereocenters. The Morgan fingerprint density at radius 3 is 2.21 bits per heavy atom. The molecule has 0 atom stereocenters. The van der Waals surface area contributed by atoms with Gasteiger partial charge in [0.15, 0.2) is 12.4 Å². The number of hydrogen-bond donors (Lipinski definition) is 1. The summed E-state index contributed by atoms with van der Waals surface area (Å²) in [6.07, 6.45) is 0.0240. The second kappa shape index (κ2) is 9.80. The Balaban J connectivity index is 1.41. The van der Waals surface area contributed by atoms with Crippen LogP contribution in [0.2, 0.25) is 0 Å². The smallest absolute Gasteiger partial charge is 0.306 e. The number of benzene rings is 2. The van der Waals surface area contributed by atoms with Crippen molar-refractivity contribution >= 4 is 34.7 Å². The van der Waals surface area contributed by atoms with Crippen LogP contribution in [0.3, 0.4) is 0 Å². The van der Waals surface area contributed by atoms with Crippen LogP contribution in [-0.2, 0) is 14.3 Å². The lowest BCUT2D eigenvalue weighted by Gasteiger charge is -2.08. The summed E-state index contributed by atoms with van der Waals surface area (Å²) in [6, 6.07) is 20.9. The molecule has 1 N–H and O–H groups in total. The van der Waals surface area contributed by atoms with Gasteiger partial charge in [0.1, 0.15) is 0 Å². The first kappa shape index (κ1) is 20.5. The highest BCUT2D eigenvalue weighted by atomic mass is 32.1. The molecule has 0 aliphatic carbocycles. The number of carbonyl (C=O) groups excluding carboxylic acids is 3. The highest BCUT2D eigenvalue weighted by molar-refractivity contribution is 7.14. The molecule has 0 aliphatic rings. The number of rotatable bonds is 8. The molecule has 3 aromatic rings. The van der Waals surface area contributed by atoms with E-state index in [4.69, 9.17) is 4.74 Å². The lowest BCUT2D eigenvalue weighted by atomic mass is 10.1. The summed E-state index contributed by atoms with van der Waals surface area (Å²) in [5, 5.41) is 2.69. The first-order valence-electron chi connectivity index (χ1n) is 9.22. The second-order valence-electron chi connectivity index (χ2n) is 6.49. The quantitative estimate of drug-likeness (QED) is 0.427. The Hall–Kier alpha value is -3.25. The number of aryl methyl sites for hydroxylation is 1. The number of esters is 1. The molecule has 0 fully saturated rings. The third kappa shape index (κ3) is 6.12. The van der Waals surface area contributed by atoms with E-state index in [1.54, 1.807) is 18.2 Å². The summed E-state index contributed by atoms with van der Waals surface area (Å²) >= 11 is 1.40. The average Bonchev–Trinajstić information content (AvgIpc) is 3.18. The van der Waals surface area contributed by atoms with Gasteiger partial charge in [0.05, 0.1) is 11.3 Å². The molecule has 148 valence electrons. The molecule has 0 saturated heterocycles. The van der Waals surface area contributed by atoms with E-state index >= 15 is 0 Å². The maximum Gasteiger partial charge on any atom is 0.306 e. The van der Waals surface area contributed by atoms with Gasteiger partial charge in [0.25, 0.3) is 5.91 Å². The normalized spacial score (nSPS) is 10.4. The van der Waals surface area contributed by atoms with Crippen molar-refractivity contribution in [2.24, 2.45) is 0 Å². The van der Waals surface area contributed by atoms with Crippen molar-refractivity contribution in [1.82, 2.24) is 0 Å². The topological polar surface area (TPSA) is 72.5 Å². The molecule has 5 nitrogen and oxygen atoms in total. The van der Waals surface area contributed by atoms with Crippen molar-refractivity contribution in [3.8, 4) is 11.1 Å². The molecule has 0 bridgehead atoms. The van der Waals surface area contributed by atoms with Crippen LogP contribution >= 0.6 is 11.3 Å². The zero-order chi connectivity index (χ0) is 20.6. The van der Waals surface area contributed by atoms with Crippen molar-refractivity contribution in [2.75, 3.05) is 11.9 Å². The number of amides is 1. The Morgan fingerprint density at radius 2 is 1.55 bits per heavy atom. The van der Waals surface area contributed by atoms with E-state index < -0.39 is 11.9 Å². The van der Waals surface area contributed by atoms with Crippen LogP contribution < -0.4 is 5.32 Å². The monoisotopic (exact) mass is 407 g/mol. The van der Waals surface area contributed by atoms with Crippen LogP contribution in [0.4, 0.5) is 5.69 Å². The molecular formula is C23H21NO4S. The Labute approximate surface area is 173 Å². The minimum Gasteiger partial charge on any atom is -0.456 e. The third-order valence-corrected chi connectivity index (χ3v) is 5.25. The van der Waals surface area contributed by atoms with E-state index in [2.05, 4.69) is 5.32 Å². The fourth-order valence-corrected chi connectivity index (χ4v) is 3.55. The van der Waals surface area contributed by atoms with Crippen molar-refractivity contribution in [2.45, 2.75) is 19.8 Å². The van der Waals surface area contributed by atoms with Gasteiger partial charge in [0, 0.05) is 17.0 Å². The molecule has 2 aromatic carbocycles. The molecule has 0 aliphatic heterocycles. The molecule has 1 aromatic heterocycles. The summed E-state index contributed by atoms with van der Waals surface area (Å²) in [5.41, 5.74) is 2.75. The number of thiophene rings is 1. The van der Waals surface area contributed by atoms with Gasteiger partial charge in [-0.1, -0.05) is 42.5 Å². The molecule has 1 heterocycles. The third-order valence-electron chi connectivity index (χ3n) is 4.21. The molecule has 0 saturated carbocycles. The van der Waals surface area contributed by atoms with Crippen molar-refractivity contribution in [3.63, 3.8) is 0 Å². The lowest BCUT2D eigenvalue weighted by Crippen LogP contribution is -2.21. The van der Waals surface area contributed by atoms with Gasteiger partial charge >= 0.3 is 5.97 Å². The van der Waals surface area contributed by atoms with E-state index in [1.807, 2.05) is 55.5 Å². The molecule has 0 radical (unpaired) electrons. The fraction of sp³-hybridized carbons (Fsp3) is 0.174. The number of ether oxygens (including phenoxy) is 1. The van der Waals surface area contributed by atoms with E-state index in [0.29, 0.717) is 10.6 Å². The Morgan fingerprint density at radius 1 is 0.862 bits per heavy atom. The summed E-state index contributed by atoms with van der Waals surface area (Å²) in [5.74, 6) is -1.09. The number of nitrogens with one attached hydrogen (secondary N) is 1. The second-order valence-corrected chi connectivity index (χ2v) is 7.77. The number of hydrogen-bond acceptors (Lipinski definition) is 5. The lowest BCUT2D eigenvalue weighted by molar-refractivity contribution is -0.147. The average molecular weight is 407 g/mol. The van der Waals surface area contributed by atoms with Gasteiger partial charge < -0.3 is 10.1 Å². The number of anilines is 1. The van der Waals surface area contributed by atoms with Crippen molar-refractivity contribution in [1.29, 1.82) is 0 Å². The maximum atomic E-state index is 12.0. The standard InChI is InChI=1S/C23H21NO4S/c1-16-7-13-21(29-16)20(25)12-14-23(27)28-15-22(26)24-19-10-8-18(9-11-19)17-5-3-2-4-6-17/h2-11,13H,12,14-15H2,1H3,(H,24,26). The maximum absolute atomic E-state index is 12.0. The first-order valence-corrected chi connectivity index (χ1v) is 10.0. The zero-order valence-electron chi connectivity index (χ0n) is 16.0. The van der Waals surface area contributed by atoms with Crippen LogP contribution in [0.1, 0.15) is 27.4 Å². The predicted octanol–water partition coefficient (Wildman–Crippen LogP) is 4.87. The number of Topliss-reactive ketones (excluding diaryl/α,β-unsaturated/α-hetero) is 1. The van der Waals surface area contributed by atoms with Crippen LogP contribution in [0.5, 0.6) is 0 Å².